The highest BCUT2D eigenvalue weighted by Gasteiger charge is 2.27. The maximum atomic E-state index is 13.3. The van der Waals surface area contributed by atoms with Gasteiger partial charge < -0.3 is 16.0 Å². The minimum Gasteiger partial charge on any atom is -0.352 e. The monoisotopic (exact) mass is 544 g/mol. The number of unbranched alkanes of at least 4 members (excludes halogenated alkanes) is 1. The molecule has 0 atom stereocenters. The van der Waals surface area contributed by atoms with Crippen LogP contribution in [0.1, 0.15) is 60.1 Å². The van der Waals surface area contributed by atoms with Crippen LogP contribution in [0.3, 0.4) is 0 Å². The Balaban J connectivity index is 1.36. The third-order valence-corrected chi connectivity index (χ3v) is 8.06. The minimum absolute atomic E-state index is 0.149. The summed E-state index contributed by atoms with van der Waals surface area (Å²) in [6.07, 6.45) is 5.95. The first kappa shape index (κ1) is 28.7. The maximum absolute atomic E-state index is 13.3. The van der Waals surface area contributed by atoms with Crippen LogP contribution in [-0.4, -0.2) is 49.3 Å². The normalized spacial score (nSPS) is 14.2. The fourth-order valence-corrected chi connectivity index (χ4v) is 5.56. The number of urea groups is 1. The van der Waals surface area contributed by atoms with Gasteiger partial charge in [0.05, 0.1) is 17.3 Å². The number of benzene rings is 3. The molecule has 0 bridgehead atoms. The molecule has 1 aliphatic rings. The fraction of sp³-hybridized carbons (Fsp3) is 0.375. The van der Waals surface area contributed by atoms with Crippen LogP contribution in [0.15, 0.2) is 83.8 Å². The van der Waals surface area contributed by atoms with E-state index in [1.165, 1.54) is 11.1 Å². The zero-order valence-corrected chi connectivity index (χ0v) is 23.8. The van der Waals surface area contributed by atoms with Crippen molar-refractivity contribution in [3.05, 3.63) is 95.6 Å². The molecule has 0 aromatic heterocycles. The van der Waals surface area contributed by atoms with Crippen molar-refractivity contribution in [1.29, 1.82) is 0 Å². The van der Waals surface area contributed by atoms with E-state index in [9.17, 15) is 9.59 Å². The zero-order chi connectivity index (χ0) is 27.5. The van der Waals surface area contributed by atoms with Gasteiger partial charge in [0.15, 0.2) is 0 Å². The average molecular weight is 545 g/mol. The van der Waals surface area contributed by atoms with Crippen LogP contribution < -0.4 is 16.0 Å². The van der Waals surface area contributed by atoms with Gasteiger partial charge in [-0.1, -0.05) is 74.0 Å². The molecule has 1 aliphatic heterocycles. The standard InChI is InChI=1S/C32H40N4O2S/c1-3-4-19-33-32(38)35-29-16-15-27(39-2)22-28(29)31(37)34-23-24-17-20-36(21-18-24)30(25-11-7-5-8-12-25)26-13-9-6-10-14-26/h5-16,22,24,30H,3-4,17-21,23H2,1-2H3,(H,34,37)(H2,33,35,38). The van der Waals surface area contributed by atoms with Crippen LogP contribution in [0.2, 0.25) is 0 Å². The van der Waals surface area contributed by atoms with E-state index in [1.54, 1.807) is 11.8 Å². The second kappa shape index (κ2) is 14.8. The number of nitrogens with zero attached hydrogens (tertiary/aromatic N) is 1. The van der Waals surface area contributed by atoms with Gasteiger partial charge in [-0.2, -0.15) is 0 Å². The summed E-state index contributed by atoms with van der Waals surface area (Å²) in [6.45, 7) is 5.27. The van der Waals surface area contributed by atoms with Gasteiger partial charge in [-0.05, 0) is 73.9 Å². The molecule has 1 heterocycles. The zero-order valence-electron chi connectivity index (χ0n) is 23.0. The van der Waals surface area contributed by atoms with Crippen molar-refractivity contribution in [2.75, 3.05) is 37.8 Å². The van der Waals surface area contributed by atoms with Crippen molar-refractivity contribution in [3.8, 4) is 0 Å². The number of piperidine rings is 1. The molecular formula is C32H40N4O2S. The second-order valence-corrected chi connectivity index (χ2v) is 10.9. The first-order chi connectivity index (χ1) is 19.1. The van der Waals surface area contributed by atoms with Gasteiger partial charge in [0, 0.05) is 18.0 Å². The summed E-state index contributed by atoms with van der Waals surface area (Å²) < 4.78 is 0. The van der Waals surface area contributed by atoms with Gasteiger partial charge >= 0.3 is 6.03 Å². The quantitative estimate of drug-likeness (QED) is 0.189. The third kappa shape index (κ3) is 8.10. The van der Waals surface area contributed by atoms with Gasteiger partial charge in [0.2, 0.25) is 0 Å². The maximum Gasteiger partial charge on any atom is 0.319 e. The number of amides is 3. The number of hydrogen-bond acceptors (Lipinski definition) is 4. The molecular weight excluding hydrogens is 504 g/mol. The lowest BCUT2D eigenvalue weighted by Crippen LogP contribution is -2.40. The lowest BCUT2D eigenvalue weighted by Gasteiger charge is -2.38. The summed E-state index contributed by atoms with van der Waals surface area (Å²) in [4.78, 5) is 29.2. The van der Waals surface area contributed by atoms with E-state index in [4.69, 9.17) is 0 Å². The Hall–Kier alpha value is -3.29. The molecule has 3 aromatic carbocycles. The summed E-state index contributed by atoms with van der Waals surface area (Å²) >= 11 is 1.58. The summed E-state index contributed by atoms with van der Waals surface area (Å²) in [5.41, 5.74) is 3.65. The largest absolute Gasteiger partial charge is 0.352 e. The molecule has 39 heavy (non-hydrogen) atoms. The summed E-state index contributed by atoms with van der Waals surface area (Å²) in [6, 6.07) is 26.9. The van der Waals surface area contributed by atoms with Gasteiger partial charge in [0.25, 0.3) is 5.91 Å². The Bertz CT molecular complexity index is 1160. The van der Waals surface area contributed by atoms with Crippen LogP contribution >= 0.6 is 11.8 Å². The van der Waals surface area contributed by atoms with Crippen molar-refractivity contribution in [2.45, 2.75) is 43.5 Å². The molecule has 0 radical (unpaired) electrons. The smallest absolute Gasteiger partial charge is 0.319 e. The number of hydrogen-bond donors (Lipinski definition) is 3. The van der Waals surface area contributed by atoms with E-state index in [0.29, 0.717) is 30.3 Å². The van der Waals surface area contributed by atoms with Crippen molar-refractivity contribution in [2.24, 2.45) is 5.92 Å². The average Bonchev–Trinajstić information content (AvgIpc) is 2.98. The molecule has 4 rings (SSSR count). The Kier molecular flexibility index (Phi) is 10.9. The first-order valence-electron chi connectivity index (χ1n) is 13.9. The van der Waals surface area contributed by atoms with Crippen molar-refractivity contribution in [1.82, 2.24) is 15.5 Å². The Morgan fingerprint density at radius 2 is 1.56 bits per heavy atom. The molecule has 7 heteroatoms. The van der Waals surface area contributed by atoms with Crippen molar-refractivity contribution in [3.63, 3.8) is 0 Å². The highest BCUT2D eigenvalue weighted by molar-refractivity contribution is 7.98. The molecule has 6 nitrogen and oxygen atoms in total. The van der Waals surface area contributed by atoms with Crippen molar-refractivity contribution < 1.29 is 9.59 Å². The van der Waals surface area contributed by atoms with Crippen LogP contribution in [0.5, 0.6) is 0 Å². The number of carbonyl (C=O) groups excluding carboxylic acids is 2. The number of carbonyl (C=O) groups is 2. The molecule has 3 N–H and O–H groups in total. The van der Waals surface area contributed by atoms with Gasteiger partial charge in [-0.15, -0.1) is 11.8 Å². The number of rotatable bonds is 11. The molecule has 0 unspecified atom stereocenters. The van der Waals surface area contributed by atoms with E-state index in [0.717, 1.165) is 43.7 Å². The number of nitrogens with one attached hydrogen (secondary N) is 3. The second-order valence-electron chi connectivity index (χ2n) is 10.1. The molecule has 0 spiro atoms. The fourth-order valence-electron chi connectivity index (χ4n) is 5.12. The molecule has 0 saturated carbocycles. The van der Waals surface area contributed by atoms with Crippen LogP contribution in [0.4, 0.5) is 10.5 Å². The SMILES string of the molecule is CCCCNC(=O)Nc1ccc(SC)cc1C(=O)NCC1CCN(C(c2ccccc2)c2ccccc2)CC1. The summed E-state index contributed by atoms with van der Waals surface area (Å²) in [7, 11) is 0. The lowest BCUT2D eigenvalue weighted by molar-refractivity contribution is 0.0931. The van der Waals surface area contributed by atoms with Crippen LogP contribution in [0.25, 0.3) is 0 Å². The summed E-state index contributed by atoms with van der Waals surface area (Å²) in [5.74, 6) is 0.263. The highest BCUT2D eigenvalue weighted by Crippen LogP contribution is 2.32. The molecule has 0 aliphatic carbocycles. The van der Waals surface area contributed by atoms with E-state index in [-0.39, 0.29) is 18.0 Å². The van der Waals surface area contributed by atoms with E-state index in [1.807, 2.05) is 24.5 Å². The summed E-state index contributed by atoms with van der Waals surface area (Å²) in [5, 5.41) is 8.87. The minimum atomic E-state index is -0.284. The number of anilines is 1. The third-order valence-electron chi connectivity index (χ3n) is 7.33. The van der Waals surface area contributed by atoms with Crippen LogP contribution in [-0.2, 0) is 0 Å². The molecule has 206 valence electrons. The Morgan fingerprint density at radius 1 is 0.923 bits per heavy atom. The van der Waals surface area contributed by atoms with Gasteiger partial charge in [0.1, 0.15) is 0 Å². The van der Waals surface area contributed by atoms with E-state index < -0.39 is 0 Å². The topological polar surface area (TPSA) is 73.5 Å². The first-order valence-corrected chi connectivity index (χ1v) is 15.2. The number of thioether (sulfide) groups is 1. The predicted octanol–water partition coefficient (Wildman–Crippen LogP) is 6.56. The van der Waals surface area contributed by atoms with E-state index >= 15 is 0 Å². The molecule has 1 saturated heterocycles. The van der Waals surface area contributed by atoms with Gasteiger partial charge in [-0.25, -0.2) is 4.79 Å². The molecule has 3 amide bonds. The van der Waals surface area contributed by atoms with Crippen LogP contribution in [0, 0.1) is 5.92 Å². The van der Waals surface area contributed by atoms with Gasteiger partial charge in [-0.3, -0.25) is 9.69 Å². The van der Waals surface area contributed by atoms with Crippen molar-refractivity contribution >= 4 is 29.4 Å². The molecule has 1 fully saturated rings. The van der Waals surface area contributed by atoms with E-state index in [2.05, 4.69) is 88.4 Å². The highest BCUT2D eigenvalue weighted by atomic mass is 32.2. The predicted molar refractivity (Wildman–Crippen MR) is 162 cm³/mol. The Morgan fingerprint density at radius 3 is 2.15 bits per heavy atom. The Labute approximate surface area is 237 Å². The molecule has 3 aromatic rings. The lowest BCUT2D eigenvalue weighted by atomic mass is 9.91. The number of likely N-dealkylation sites (tertiary alicyclic amines) is 1.